The first-order valence-corrected chi connectivity index (χ1v) is 10.4. The molecule has 0 fully saturated rings. The Kier molecular flexibility index (Phi) is 6.25. The number of aromatic nitrogens is 5. The number of rotatable bonds is 8. The van der Waals surface area contributed by atoms with Gasteiger partial charge in [-0.05, 0) is 36.6 Å². The first-order valence-electron chi connectivity index (χ1n) is 10.4. The van der Waals surface area contributed by atoms with E-state index in [9.17, 15) is 9.59 Å². The van der Waals surface area contributed by atoms with Gasteiger partial charge in [0.1, 0.15) is 5.69 Å². The van der Waals surface area contributed by atoms with Crippen LogP contribution < -0.4 is 5.32 Å². The third-order valence-electron chi connectivity index (χ3n) is 5.43. The van der Waals surface area contributed by atoms with E-state index in [0.29, 0.717) is 30.9 Å². The molecule has 4 aromatic rings. The molecule has 0 aliphatic carbocycles. The molecular weight excluding hydrogens is 406 g/mol. The van der Waals surface area contributed by atoms with E-state index in [0.717, 1.165) is 5.56 Å². The predicted molar refractivity (Wildman–Crippen MR) is 119 cm³/mol. The molecule has 9 heteroatoms. The van der Waals surface area contributed by atoms with E-state index in [2.05, 4.69) is 20.4 Å². The molecule has 0 saturated carbocycles. The van der Waals surface area contributed by atoms with Crippen molar-refractivity contribution in [2.75, 3.05) is 13.6 Å². The van der Waals surface area contributed by atoms with Crippen molar-refractivity contribution >= 4 is 17.6 Å². The number of carbonyl (C=O) groups is 2. The Morgan fingerprint density at radius 3 is 2.62 bits per heavy atom. The van der Waals surface area contributed by atoms with E-state index in [1.54, 1.807) is 41.0 Å². The molecule has 0 radical (unpaired) electrons. The summed E-state index contributed by atoms with van der Waals surface area (Å²) in [7, 11) is 3.57. The second-order valence-corrected chi connectivity index (χ2v) is 7.61. The van der Waals surface area contributed by atoms with Crippen LogP contribution in [-0.4, -0.2) is 60.5 Å². The number of nitrogens with one attached hydrogen (secondary N) is 1. The highest BCUT2D eigenvalue weighted by atomic mass is 16.2. The number of nitrogens with zero attached hydrogens (tertiary/aromatic N) is 6. The SMILES string of the molecule is CN(C(=O)c1nc2ncccn2n1)[C@H](CCNC(=O)c1cccn1C)Cc1ccccc1. The van der Waals surface area contributed by atoms with Gasteiger partial charge in [0, 0.05) is 45.3 Å². The van der Waals surface area contributed by atoms with E-state index in [4.69, 9.17) is 0 Å². The summed E-state index contributed by atoms with van der Waals surface area (Å²) in [6, 6.07) is 15.1. The minimum atomic E-state index is -0.287. The van der Waals surface area contributed by atoms with E-state index in [1.165, 1.54) is 4.52 Å². The van der Waals surface area contributed by atoms with Gasteiger partial charge in [0.05, 0.1) is 0 Å². The Morgan fingerprint density at radius 2 is 1.91 bits per heavy atom. The summed E-state index contributed by atoms with van der Waals surface area (Å²) >= 11 is 0. The normalized spacial score (nSPS) is 11.9. The molecule has 0 spiro atoms. The van der Waals surface area contributed by atoms with Crippen molar-refractivity contribution in [2.45, 2.75) is 18.9 Å². The largest absolute Gasteiger partial charge is 0.351 e. The summed E-state index contributed by atoms with van der Waals surface area (Å²) in [5.41, 5.74) is 1.70. The van der Waals surface area contributed by atoms with Crippen LogP contribution in [0.15, 0.2) is 67.1 Å². The quantitative estimate of drug-likeness (QED) is 0.460. The van der Waals surface area contributed by atoms with Crippen LogP contribution in [-0.2, 0) is 13.5 Å². The Hall–Kier alpha value is -4.01. The third kappa shape index (κ3) is 4.66. The van der Waals surface area contributed by atoms with Crippen molar-refractivity contribution in [3.05, 3.63) is 84.2 Å². The zero-order valence-corrected chi connectivity index (χ0v) is 18.0. The zero-order valence-electron chi connectivity index (χ0n) is 18.0. The van der Waals surface area contributed by atoms with Crippen LogP contribution in [0, 0.1) is 0 Å². The molecule has 9 nitrogen and oxygen atoms in total. The van der Waals surface area contributed by atoms with Crippen molar-refractivity contribution in [1.82, 2.24) is 34.4 Å². The van der Waals surface area contributed by atoms with Crippen LogP contribution in [0.1, 0.15) is 33.1 Å². The molecule has 0 saturated heterocycles. The van der Waals surface area contributed by atoms with Gasteiger partial charge in [0.15, 0.2) is 0 Å². The van der Waals surface area contributed by atoms with Crippen molar-refractivity contribution in [2.24, 2.45) is 7.05 Å². The van der Waals surface area contributed by atoms with Crippen LogP contribution in [0.25, 0.3) is 5.78 Å². The van der Waals surface area contributed by atoms with Crippen LogP contribution >= 0.6 is 0 Å². The fraction of sp³-hybridized carbons (Fsp3) is 0.261. The summed E-state index contributed by atoms with van der Waals surface area (Å²) in [5, 5.41) is 7.21. The highest BCUT2D eigenvalue weighted by molar-refractivity contribution is 5.92. The topological polar surface area (TPSA) is 97.4 Å². The second kappa shape index (κ2) is 9.42. The molecule has 3 heterocycles. The molecule has 1 atom stereocenters. The van der Waals surface area contributed by atoms with Gasteiger partial charge in [-0.3, -0.25) is 9.59 Å². The maximum Gasteiger partial charge on any atom is 0.293 e. The summed E-state index contributed by atoms with van der Waals surface area (Å²) < 4.78 is 3.25. The Bertz CT molecular complexity index is 1180. The lowest BCUT2D eigenvalue weighted by Crippen LogP contribution is -2.41. The van der Waals surface area contributed by atoms with E-state index in [-0.39, 0.29) is 23.7 Å². The number of likely N-dealkylation sites (N-methyl/N-ethyl adjacent to an activating group) is 1. The molecule has 4 rings (SSSR count). The summed E-state index contributed by atoms with van der Waals surface area (Å²) in [6.45, 7) is 0.430. The monoisotopic (exact) mass is 431 g/mol. The molecule has 1 N–H and O–H groups in total. The Balaban J connectivity index is 1.48. The molecular formula is C23H25N7O2. The summed E-state index contributed by atoms with van der Waals surface area (Å²) in [5.74, 6) is 0.0408. The fourth-order valence-electron chi connectivity index (χ4n) is 3.61. The van der Waals surface area contributed by atoms with Crippen molar-refractivity contribution in [3.63, 3.8) is 0 Å². The summed E-state index contributed by atoms with van der Waals surface area (Å²) in [6.07, 6.45) is 6.37. The van der Waals surface area contributed by atoms with Crippen LogP contribution in [0.5, 0.6) is 0 Å². The molecule has 0 aliphatic heterocycles. The number of benzene rings is 1. The minimum absolute atomic E-state index is 0.0945. The molecule has 0 unspecified atom stereocenters. The number of amides is 2. The predicted octanol–water partition coefficient (Wildman–Crippen LogP) is 1.97. The van der Waals surface area contributed by atoms with Gasteiger partial charge in [-0.25, -0.2) is 9.50 Å². The minimum Gasteiger partial charge on any atom is -0.351 e. The van der Waals surface area contributed by atoms with Gasteiger partial charge in [-0.15, -0.1) is 5.10 Å². The Morgan fingerprint density at radius 1 is 1.09 bits per heavy atom. The number of hydrogen-bond donors (Lipinski definition) is 1. The van der Waals surface area contributed by atoms with Gasteiger partial charge in [-0.2, -0.15) is 4.98 Å². The smallest absolute Gasteiger partial charge is 0.293 e. The highest BCUT2D eigenvalue weighted by Crippen LogP contribution is 2.14. The molecule has 0 aliphatic rings. The van der Waals surface area contributed by atoms with Gasteiger partial charge in [0.2, 0.25) is 5.82 Å². The molecule has 164 valence electrons. The van der Waals surface area contributed by atoms with Crippen LogP contribution in [0.3, 0.4) is 0 Å². The first-order chi connectivity index (χ1) is 15.5. The zero-order chi connectivity index (χ0) is 22.5. The molecule has 2 amide bonds. The van der Waals surface area contributed by atoms with Crippen molar-refractivity contribution in [1.29, 1.82) is 0 Å². The Labute approximate surface area is 185 Å². The highest BCUT2D eigenvalue weighted by Gasteiger charge is 2.25. The summed E-state index contributed by atoms with van der Waals surface area (Å²) in [4.78, 5) is 35.6. The van der Waals surface area contributed by atoms with Crippen molar-refractivity contribution < 1.29 is 9.59 Å². The van der Waals surface area contributed by atoms with Gasteiger partial charge >= 0.3 is 0 Å². The lowest BCUT2D eigenvalue weighted by molar-refractivity contribution is 0.0710. The van der Waals surface area contributed by atoms with Gasteiger partial charge < -0.3 is 14.8 Å². The lowest BCUT2D eigenvalue weighted by atomic mass is 10.0. The lowest BCUT2D eigenvalue weighted by Gasteiger charge is -2.27. The van der Waals surface area contributed by atoms with Gasteiger partial charge in [0.25, 0.3) is 17.6 Å². The average Bonchev–Trinajstić information content (AvgIpc) is 3.44. The average molecular weight is 432 g/mol. The van der Waals surface area contributed by atoms with E-state index in [1.807, 2.05) is 49.6 Å². The second-order valence-electron chi connectivity index (χ2n) is 7.61. The number of fused-ring (bicyclic) bond motifs is 1. The third-order valence-corrected chi connectivity index (χ3v) is 5.43. The molecule has 0 bridgehead atoms. The van der Waals surface area contributed by atoms with Crippen molar-refractivity contribution in [3.8, 4) is 0 Å². The van der Waals surface area contributed by atoms with Gasteiger partial charge in [-0.1, -0.05) is 30.3 Å². The number of aryl methyl sites for hydroxylation is 1. The standard InChI is InChI=1S/C23H25N7O2/c1-28-14-6-10-19(28)21(31)24-13-11-18(16-17-8-4-3-5-9-17)29(2)22(32)20-26-23-25-12-7-15-30(23)27-20/h3-10,12,14-15,18H,11,13,16H2,1-2H3,(H,24,31)/t18-/m1/s1. The molecule has 3 aromatic heterocycles. The van der Waals surface area contributed by atoms with Crippen LogP contribution in [0.2, 0.25) is 0 Å². The van der Waals surface area contributed by atoms with E-state index >= 15 is 0 Å². The van der Waals surface area contributed by atoms with Crippen LogP contribution in [0.4, 0.5) is 0 Å². The molecule has 1 aromatic carbocycles. The first kappa shape index (κ1) is 21.2. The number of hydrogen-bond acceptors (Lipinski definition) is 5. The maximum atomic E-state index is 13.1. The maximum absolute atomic E-state index is 13.1. The fourth-order valence-corrected chi connectivity index (χ4v) is 3.61. The number of carbonyl (C=O) groups excluding carboxylic acids is 2. The molecule has 32 heavy (non-hydrogen) atoms. The van der Waals surface area contributed by atoms with E-state index < -0.39 is 0 Å².